The first-order chi connectivity index (χ1) is 13.0. The number of hydrogen-bond acceptors (Lipinski definition) is 5. The molecule has 1 heterocycles. The van der Waals surface area contributed by atoms with Crippen LogP contribution in [0.15, 0.2) is 41.8 Å². The third kappa shape index (κ3) is 7.09. The molecule has 0 bridgehead atoms. The fourth-order valence-electron chi connectivity index (χ4n) is 3.00. The Morgan fingerprint density at radius 3 is 2.32 bits per heavy atom. The van der Waals surface area contributed by atoms with Gasteiger partial charge in [0, 0.05) is 17.5 Å². The molecule has 0 saturated heterocycles. The predicted octanol–water partition coefficient (Wildman–Crippen LogP) is 1.17. The first kappa shape index (κ1) is 22.1. The Morgan fingerprint density at radius 2 is 1.79 bits per heavy atom. The molecule has 0 fully saturated rings. The van der Waals surface area contributed by atoms with Crippen molar-refractivity contribution >= 4 is 21.7 Å². The standard InChI is InChI=1S/C20H29N3O4S/c1-20(2,3)21-18(24)13-22(4)14-19(25)23(12-16-8-6-5-7-9-16)17-10-11-28(26,27)15-17/h5-11,17H,12-15H2,1-4H3,(H,21,24)/t17-/m0/s1. The first-order valence-corrected chi connectivity index (χ1v) is 10.9. The molecular weight excluding hydrogens is 378 g/mol. The van der Waals surface area contributed by atoms with Crippen LogP contribution in [0.1, 0.15) is 26.3 Å². The van der Waals surface area contributed by atoms with E-state index in [0.29, 0.717) is 6.54 Å². The van der Waals surface area contributed by atoms with Crippen molar-refractivity contribution in [1.29, 1.82) is 0 Å². The lowest BCUT2D eigenvalue weighted by Crippen LogP contribution is -2.48. The predicted molar refractivity (Wildman–Crippen MR) is 109 cm³/mol. The van der Waals surface area contributed by atoms with Crippen molar-refractivity contribution < 1.29 is 18.0 Å². The molecule has 0 spiro atoms. The van der Waals surface area contributed by atoms with Gasteiger partial charge in [0.15, 0.2) is 9.84 Å². The molecule has 1 aromatic rings. The summed E-state index contributed by atoms with van der Waals surface area (Å²) in [7, 11) is -1.59. The van der Waals surface area contributed by atoms with Gasteiger partial charge in [-0.1, -0.05) is 30.3 Å². The van der Waals surface area contributed by atoms with Crippen LogP contribution in [0.3, 0.4) is 0 Å². The third-order valence-electron chi connectivity index (χ3n) is 4.16. The summed E-state index contributed by atoms with van der Waals surface area (Å²) in [6.45, 7) is 6.10. The number of nitrogens with zero attached hydrogens (tertiary/aromatic N) is 2. The van der Waals surface area contributed by atoms with E-state index >= 15 is 0 Å². The fourth-order valence-corrected chi connectivity index (χ4v) is 4.30. The summed E-state index contributed by atoms with van der Waals surface area (Å²) >= 11 is 0. The number of nitrogens with one attached hydrogen (secondary N) is 1. The van der Waals surface area contributed by atoms with E-state index in [-0.39, 0.29) is 36.2 Å². The molecule has 1 aliphatic heterocycles. The number of carbonyl (C=O) groups excluding carboxylic acids is 2. The largest absolute Gasteiger partial charge is 0.350 e. The minimum Gasteiger partial charge on any atom is -0.350 e. The third-order valence-corrected chi connectivity index (χ3v) is 5.54. The molecule has 1 N–H and O–H groups in total. The Morgan fingerprint density at radius 1 is 1.14 bits per heavy atom. The topological polar surface area (TPSA) is 86.8 Å². The van der Waals surface area contributed by atoms with Crippen molar-refractivity contribution in [2.24, 2.45) is 0 Å². The lowest BCUT2D eigenvalue weighted by Gasteiger charge is -2.30. The molecule has 28 heavy (non-hydrogen) atoms. The van der Waals surface area contributed by atoms with Crippen LogP contribution >= 0.6 is 0 Å². The number of hydrogen-bond donors (Lipinski definition) is 1. The average Bonchev–Trinajstić information content (AvgIpc) is 2.91. The highest BCUT2D eigenvalue weighted by Crippen LogP contribution is 2.18. The first-order valence-electron chi connectivity index (χ1n) is 9.19. The van der Waals surface area contributed by atoms with Crippen LogP contribution in [-0.4, -0.2) is 67.5 Å². The zero-order valence-electron chi connectivity index (χ0n) is 16.9. The van der Waals surface area contributed by atoms with Gasteiger partial charge in [0.25, 0.3) is 0 Å². The van der Waals surface area contributed by atoms with Crippen molar-refractivity contribution in [3.8, 4) is 0 Å². The highest BCUT2D eigenvalue weighted by atomic mass is 32.2. The molecule has 1 aliphatic rings. The number of rotatable bonds is 7. The van der Waals surface area contributed by atoms with E-state index < -0.39 is 15.9 Å². The van der Waals surface area contributed by atoms with Crippen molar-refractivity contribution in [3.63, 3.8) is 0 Å². The molecule has 8 heteroatoms. The summed E-state index contributed by atoms with van der Waals surface area (Å²) in [6, 6.07) is 8.93. The van der Waals surface area contributed by atoms with Crippen LogP contribution in [0.25, 0.3) is 0 Å². The van der Waals surface area contributed by atoms with Crippen molar-refractivity contribution in [2.75, 3.05) is 25.9 Å². The molecule has 2 rings (SSSR count). The molecule has 0 aliphatic carbocycles. The Bertz CT molecular complexity index is 829. The molecule has 0 unspecified atom stereocenters. The maximum Gasteiger partial charge on any atom is 0.237 e. The van der Waals surface area contributed by atoms with Gasteiger partial charge in [-0.05, 0) is 39.5 Å². The minimum atomic E-state index is -3.29. The average molecular weight is 408 g/mol. The second-order valence-electron chi connectivity index (χ2n) is 8.20. The molecular formula is C20H29N3O4S. The van der Waals surface area contributed by atoms with E-state index in [1.54, 1.807) is 22.9 Å². The Labute approximate surface area is 167 Å². The van der Waals surface area contributed by atoms with Gasteiger partial charge in [-0.3, -0.25) is 14.5 Å². The van der Waals surface area contributed by atoms with E-state index in [1.807, 2.05) is 51.1 Å². The number of likely N-dealkylation sites (N-methyl/N-ethyl adjacent to an activating group) is 1. The minimum absolute atomic E-state index is 0.0226. The zero-order chi connectivity index (χ0) is 20.9. The van der Waals surface area contributed by atoms with E-state index in [2.05, 4.69) is 5.32 Å². The van der Waals surface area contributed by atoms with Gasteiger partial charge in [-0.15, -0.1) is 0 Å². The Balaban J connectivity index is 2.06. The maximum absolute atomic E-state index is 12.9. The van der Waals surface area contributed by atoms with Crippen LogP contribution in [0.2, 0.25) is 0 Å². The molecule has 154 valence electrons. The van der Waals surface area contributed by atoms with Gasteiger partial charge < -0.3 is 10.2 Å². The second-order valence-corrected chi connectivity index (χ2v) is 10.1. The summed E-state index contributed by atoms with van der Waals surface area (Å²) in [5, 5.41) is 4.03. The Kier molecular flexibility index (Phi) is 7.01. The molecule has 1 aromatic carbocycles. The summed E-state index contributed by atoms with van der Waals surface area (Å²) < 4.78 is 23.7. The molecule has 2 amide bonds. The summed E-state index contributed by atoms with van der Waals surface area (Å²) in [4.78, 5) is 28.2. The number of sulfone groups is 1. The zero-order valence-corrected chi connectivity index (χ0v) is 17.7. The molecule has 0 radical (unpaired) electrons. The number of amides is 2. The molecule has 0 saturated carbocycles. The van der Waals surface area contributed by atoms with Crippen molar-refractivity contribution in [2.45, 2.75) is 38.9 Å². The van der Waals surface area contributed by atoms with Crippen molar-refractivity contribution in [3.05, 3.63) is 47.4 Å². The van der Waals surface area contributed by atoms with Gasteiger partial charge in [0.2, 0.25) is 11.8 Å². The van der Waals surface area contributed by atoms with Crippen molar-refractivity contribution in [1.82, 2.24) is 15.1 Å². The van der Waals surface area contributed by atoms with Gasteiger partial charge in [0.1, 0.15) is 0 Å². The van der Waals surface area contributed by atoms with Crippen LogP contribution in [-0.2, 0) is 26.0 Å². The fraction of sp³-hybridized carbons (Fsp3) is 0.500. The summed E-state index contributed by atoms with van der Waals surface area (Å²) in [5.74, 6) is -0.498. The van der Waals surface area contributed by atoms with E-state index in [9.17, 15) is 18.0 Å². The quantitative estimate of drug-likeness (QED) is 0.733. The second kappa shape index (κ2) is 8.87. The SMILES string of the molecule is CN(CC(=O)NC(C)(C)C)CC(=O)N(Cc1ccccc1)[C@H]1C=CS(=O)(=O)C1. The van der Waals surface area contributed by atoms with Gasteiger partial charge >= 0.3 is 0 Å². The van der Waals surface area contributed by atoms with Gasteiger partial charge in [-0.25, -0.2) is 8.42 Å². The smallest absolute Gasteiger partial charge is 0.237 e. The molecule has 7 nitrogen and oxygen atoms in total. The van der Waals surface area contributed by atoms with Gasteiger partial charge in [-0.2, -0.15) is 0 Å². The summed E-state index contributed by atoms with van der Waals surface area (Å²) in [5.41, 5.74) is 0.575. The number of carbonyl (C=O) groups is 2. The van der Waals surface area contributed by atoms with Crippen LogP contribution in [0.5, 0.6) is 0 Å². The Hall–Kier alpha value is -2.19. The normalized spacial score (nSPS) is 18.2. The van der Waals surface area contributed by atoms with E-state index in [4.69, 9.17) is 0 Å². The lowest BCUT2D eigenvalue weighted by molar-refractivity contribution is -0.134. The van der Waals surface area contributed by atoms with E-state index in [1.165, 1.54) is 5.41 Å². The lowest BCUT2D eigenvalue weighted by atomic mass is 10.1. The van der Waals surface area contributed by atoms with Gasteiger partial charge in [0.05, 0.1) is 24.9 Å². The molecule has 0 aromatic heterocycles. The number of benzene rings is 1. The highest BCUT2D eigenvalue weighted by molar-refractivity contribution is 7.94. The monoisotopic (exact) mass is 407 g/mol. The molecule has 1 atom stereocenters. The van der Waals surface area contributed by atoms with Crippen LogP contribution in [0.4, 0.5) is 0 Å². The van der Waals surface area contributed by atoms with E-state index in [0.717, 1.165) is 5.56 Å². The summed E-state index contributed by atoms with van der Waals surface area (Å²) in [6.07, 6.45) is 1.56. The van der Waals surface area contributed by atoms with Crippen LogP contribution in [0, 0.1) is 0 Å². The maximum atomic E-state index is 12.9. The van der Waals surface area contributed by atoms with Crippen LogP contribution < -0.4 is 5.32 Å². The highest BCUT2D eigenvalue weighted by Gasteiger charge is 2.31.